The van der Waals surface area contributed by atoms with Crippen molar-refractivity contribution in [2.75, 3.05) is 12.4 Å². The van der Waals surface area contributed by atoms with E-state index in [0.717, 1.165) is 0 Å². The normalized spacial score (nSPS) is 9.70. The van der Waals surface area contributed by atoms with Crippen LogP contribution in [0.4, 0.5) is 5.69 Å². The molecule has 2 rings (SSSR count). The first kappa shape index (κ1) is 15.8. The molecular formula is C13H16ClN3O3. The summed E-state index contributed by atoms with van der Waals surface area (Å²) in [5.41, 5.74) is 0.526. The Bertz CT molecular complexity index is 598. The molecule has 1 amide bonds. The van der Waals surface area contributed by atoms with Gasteiger partial charge in [-0.05, 0) is 12.1 Å². The highest BCUT2D eigenvalue weighted by Crippen LogP contribution is 2.28. The minimum Gasteiger partial charge on any atom is -1.00 e. The van der Waals surface area contributed by atoms with E-state index in [2.05, 4.69) is 5.32 Å². The Morgan fingerprint density at radius 1 is 1.50 bits per heavy atom. The molecule has 1 aromatic heterocycles. The summed E-state index contributed by atoms with van der Waals surface area (Å²) in [6.07, 6.45) is 3.66. The molecule has 1 heterocycles. The SMILES string of the molecule is COc1ccc(NC(=O)Cn2ccc[n+]2C)cc1O.[Cl-]. The van der Waals surface area contributed by atoms with Crippen LogP contribution in [0.5, 0.6) is 11.5 Å². The van der Waals surface area contributed by atoms with Crippen LogP contribution in [0.3, 0.4) is 0 Å². The number of aromatic hydroxyl groups is 1. The van der Waals surface area contributed by atoms with Gasteiger partial charge in [-0.3, -0.25) is 4.79 Å². The highest BCUT2D eigenvalue weighted by Gasteiger charge is 2.10. The number of anilines is 1. The zero-order chi connectivity index (χ0) is 13.8. The molecule has 0 bridgehead atoms. The lowest BCUT2D eigenvalue weighted by molar-refractivity contribution is -0.752. The number of hydrogen-bond acceptors (Lipinski definition) is 3. The Labute approximate surface area is 123 Å². The molecule has 0 radical (unpaired) electrons. The first-order valence-corrected chi connectivity index (χ1v) is 5.78. The summed E-state index contributed by atoms with van der Waals surface area (Å²) >= 11 is 0. The third-order valence-electron chi connectivity index (χ3n) is 2.73. The maximum absolute atomic E-state index is 11.8. The number of ether oxygens (including phenoxy) is 1. The fourth-order valence-electron chi connectivity index (χ4n) is 1.73. The predicted molar refractivity (Wildman–Crippen MR) is 68.9 cm³/mol. The zero-order valence-corrected chi connectivity index (χ0v) is 12.0. The second-order valence-corrected chi connectivity index (χ2v) is 4.10. The molecule has 108 valence electrons. The summed E-state index contributed by atoms with van der Waals surface area (Å²) in [7, 11) is 3.33. The van der Waals surface area contributed by atoms with Crippen molar-refractivity contribution in [2.45, 2.75) is 6.54 Å². The highest BCUT2D eigenvalue weighted by molar-refractivity contribution is 5.90. The number of aryl methyl sites for hydroxylation is 1. The fraction of sp³-hybridized carbons (Fsp3) is 0.231. The predicted octanol–water partition coefficient (Wildman–Crippen LogP) is -2.33. The maximum Gasteiger partial charge on any atom is 0.250 e. The van der Waals surface area contributed by atoms with Gasteiger partial charge in [0, 0.05) is 17.8 Å². The zero-order valence-electron chi connectivity index (χ0n) is 11.2. The van der Waals surface area contributed by atoms with E-state index in [9.17, 15) is 9.90 Å². The second-order valence-electron chi connectivity index (χ2n) is 4.10. The topological polar surface area (TPSA) is 67.4 Å². The monoisotopic (exact) mass is 297 g/mol. The smallest absolute Gasteiger partial charge is 0.250 e. The number of aromatic nitrogens is 2. The Hall–Kier alpha value is -2.21. The number of halogens is 1. The van der Waals surface area contributed by atoms with Crippen LogP contribution in [0.2, 0.25) is 0 Å². The molecule has 6 nitrogen and oxygen atoms in total. The summed E-state index contributed by atoms with van der Waals surface area (Å²) in [6, 6.07) is 6.58. The molecule has 2 N–H and O–H groups in total. The molecule has 0 fully saturated rings. The third-order valence-corrected chi connectivity index (χ3v) is 2.73. The van der Waals surface area contributed by atoms with E-state index in [0.29, 0.717) is 11.4 Å². The van der Waals surface area contributed by atoms with Crippen LogP contribution < -0.4 is 27.1 Å². The van der Waals surface area contributed by atoms with Crippen LogP contribution in [0.1, 0.15) is 0 Å². The van der Waals surface area contributed by atoms with Crippen LogP contribution in [-0.2, 0) is 18.4 Å². The molecule has 0 saturated carbocycles. The van der Waals surface area contributed by atoms with Gasteiger partial charge in [-0.2, -0.15) is 4.68 Å². The van der Waals surface area contributed by atoms with Crippen molar-refractivity contribution < 1.29 is 31.7 Å². The number of phenolic OH excluding ortho intramolecular Hbond substituents is 1. The maximum atomic E-state index is 11.8. The lowest BCUT2D eigenvalue weighted by atomic mass is 10.2. The summed E-state index contributed by atoms with van der Waals surface area (Å²) in [5, 5.41) is 12.3. The Morgan fingerprint density at radius 3 is 2.80 bits per heavy atom. The molecule has 0 aliphatic carbocycles. The first-order chi connectivity index (χ1) is 9.10. The lowest BCUT2D eigenvalue weighted by Gasteiger charge is -2.07. The van der Waals surface area contributed by atoms with Gasteiger partial charge in [-0.15, -0.1) is 4.68 Å². The van der Waals surface area contributed by atoms with E-state index in [1.165, 1.54) is 13.2 Å². The Morgan fingerprint density at radius 2 is 2.25 bits per heavy atom. The van der Waals surface area contributed by atoms with Crippen LogP contribution >= 0.6 is 0 Å². The molecule has 0 aliphatic heterocycles. The van der Waals surface area contributed by atoms with E-state index in [-0.39, 0.29) is 30.6 Å². The number of hydrogen-bond donors (Lipinski definition) is 2. The molecule has 1 aromatic carbocycles. The summed E-state index contributed by atoms with van der Waals surface area (Å²) < 4.78 is 8.51. The molecule has 0 aliphatic rings. The van der Waals surface area contributed by atoms with Crippen LogP contribution in [0.15, 0.2) is 36.7 Å². The number of nitrogens with zero attached hydrogens (tertiary/aromatic N) is 2. The van der Waals surface area contributed by atoms with Gasteiger partial charge in [0.2, 0.25) is 5.91 Å². The summed E-state index contributed by atoms with van der Waals surface area (Å²) in [6.45, 7) is 0.205. The van der Waals surface area contributed by atoms with Gasteiger partial charge in [0.05, 0.1) is 13.3 Å². The standard InChI is InChI=1S/C13H15N3O3.ClH/c1-15-6-3-7-16(15)9-13(18)14-10-4-5-12(19-2)11(17)8-10;/h3-8H,9H2,1-2H3,(H-,14,17,18);1H. The summed E-state index contributed by atoms with van der Waals surface area (Å²) in [4.78, 5) is 11.8. The molecule has 2 aromatic rings. The van der Waals surface area contributed by atoms with Crippen molar-refractivity contribution in [3.63, 3.8) is 0 Å². The fourth-order valence-corrected chi connectivity index (χ4v) is 1.73. The number of phenols is 1. The van der Waals surface area contributed by atoms with Crippen molar-refractivity contribution in [1.29, 1.82) is 0 Å². The quantitative estimate of drug-likeness (QED) is 0.622. The number of rotatable bonds is 4. The molecule has 0 spiro atoms. The summed E-state index contributed by atoms with van der Waals surface area (Å²) in [5.74, 6) is 0.193. The van der Waals surface area contributed by atoms with Gasteiger partial charge in [0.15, 0.2) is 31.3 Å². The van der Waals surface area contributed by atoms with Gasteiger partial charge in [-0.1, -0.05) is 0 Å². The minimum absolute atomic E-state index is 0. The van der Waals surface area contributed by atoms with Gasteiger partial charge in [0.1, 0.15) is 0 Å². The van der Waals surface area contributed by atoms with Gasteiger partial charge in [-0.25, -0.2) is 0 Å². The van der Waals surface area contributed by atoms with E-state index < -0.39 is 0 Å². The number of benzene rings is 1. The van der Waals surface area contributed by atoms with Gasteiger partial charge >= 0.3 is 0 Å². The average molecular weight is 298 g/mol. The molecule has 0 unspecified atom stereocenters. The van der Waals surface area contributed by atoms with E-state index >= 15 is 0 Å². The molecular weight excluding hydrogens is 282 g/mol. The molecule has 20 heavy (non-hydrogen) atoms. The highest BCUT2D eigenvalue weighted by atomic mass is 35.5. The Kier molecular flexibility index (Phi) is 5.40. The van der Waals surface area contributed by atoms with Crippen molar-refractivity contribution >= 4 is 11.6 Å². The molecule has 0 saturated heterocycles. The van der Waals surface area contributed by atoms with Gasteiger partial charge < -0.3 is 27.6 Å². The van der Waals surface area contributed by atoms with Crippen molar-refractivity contribution in [1.82, 2.24) is 4.68 Å². The molecule has 0 atom stereocenters. The average Bonchev–Trinajstić information content (AvgIpc) is 2.75. The number of carbonyl (C=O) groups excluding carboxylic acids is 1. The van der Waals surface area contributed by atoms with Crippen molar-refractivity contribution in [3.8, 4) is 11.5 Å². The van der Waals surface area contributed by atoms with Crippen LogP contribution in [0, 0.1) is 0 Å². The first-order valence-electron chi connectivity index (χ1n) is 5.78. The Balaban J connectivity index is 0.00000200. The number of nitrogens with one attached hydrogen (secondary N) is 1. The van der Waals surface area contributed by atoms with Crippen LogP contribution in [0.25, 0.3) is 0 Å². The van der Waals surface area contributed by atoms with E-state index in [4.69, 9.17) is 4.74 Å². The minimum atomic E-state index is -0.170. The van der Waals surface area contributed by atoms with Crippen molar-refractivity contribution in [2.24, 2.45) is 7.05 Å². The van der Waals surface area contributed by atoms with Crippen LogP contribution in [-0.4, -0.2) is 22.8 Å². The second kappa shape index (κ2) is 6.81. The number of carbonyl (C=O) groups is 1. The van der Waals surface area contributed by atoms with E-state index in [1.54, 1.807) is 16.8 Å². The largest absolute Gasteiger partial charge is 1.00 e. The molecule has 7 heteroatoms. The number of amides is 1. The van der Waals surface area contributed by atoms with Crippen molar-refractivity contribution in [3.05, 3.63) is 36.7 Å². The van der Waals surface area contributed by atoms with Gasteiger partial charge in [0.25, 0.3) is 0 Å². The third kappa shape index (κ3) is 3.64. The lowest BCUT2D eigenvalue weighted by Crippen LogP contribution is -3.00. The number of methoxy groups -OCH3 is 1. The van der Waals surface area contributed by atoms with E-state index in [1.807, 2.05) is 30.2 Å².